The van der Waals surface area contributed by atoms with Gasteiger partial charge in [0.2, 0.25) is 0 Å². The van der Waals surface area contributed by atoms with Crippen molar-refractivity contribution < 1.29 is 14.2 Å². The minimum Gasteiger partial charge on any atom is -0.497 e. The number of hydrogen-bond donors (Lipinski definition) is 2. The van der Waals surface area contributed by atoms with E-state index >= 15 is 0 Å². The lowest BCUT2D eigenvalue weighted by atomic mass is 10.0. The molecule has 9 heteroatoms. The first-order chi connectivity index (χ1) is 14.8. The number of hydrogen-bond acceptors (Lipinski definition) is 5. The number of benzene rings is 1. The fourth-order valence-corrected chi connectivity index (χ4v) is 3.27. The Labute approximate surface area is 201 Å². The third kappa shape index (κ3) is 8.66. The Balaban J connectivity index is 0.00000341. The number of nitrogens with one attached hydrogen (secondary N) is 2. The topological polar surface area (TPSA) is 81.9 Å². The third-order valence-corrected chi connectivity index (χ3v) is 5.09. The Morgan fingerprint density at radius 3 is 2.68 bits per heavy atom. The first kappa shape index (κ1) is 25.4. The van der Waals surface area contributed by atoms with Gasteiger partial charge < -0.3 is 24.8 Å². The van der Waals surface area contributed by atoms with E-state index in [0.29, 0.717) is 12.5 Å². The maximum Gasteiger partial charge on any atom is 0.191 e. The largest absolute Gasteiger partial charge is 0.497 e. The summed E-state index contributed by atoms with van der Waals surface area (Å²) in [7, 11) is 3.43. The number of nitrogens with zero attached hydrogens (tertiary/aromatic N) is 3. The Kier molecular flexibility index (Phi) is 11.7. The highest BCUT2D eigenvalue weighted by atomic mass is 127. The van der Waals surface area contributed by atoms with Crippen LogP contribution in [-0.4, -0.2) is 62.9 Å². The summed E-state index contributed by atoms with van der Waals surface area (Å²) in [6.07, 6.45) is 5.12. The average molecular weight is 543 g/mol. The van der Waals surface area contributed by atoms with E-state index in [1.165, 1.54) is 0 Å². The molecule has 0 aliphatic carbocycles. The van der Waals surface area contributed by atoms with Crippen LogP contribution in [0.5, 0.6) is 5.75 Å². The van der Waals surface area contributed by atoms with Crippen LogP contribution in [0.2, 0.25) is 0 Å². The van der Waals surface area contributed by atoms with Gasteiger partial charge in [-0.2, -0.15) is 5.10 Å². The molecule has 1 aliphatic heterocycles. The molecule has 2 heterocycles. The van der Waals surface area contributed by atoms with Crippen molar-refractivity contribution in [3.8, 4) is 11.4 Å². The number of methoxy groups -OCH3 is 1. The van der Waals surface area contributed by atoms with E-state index in [2.05, 4.69) is 20.7 Å². The van der Waals surface area contributed by atoms with Crippen LogP contribution in [0.4, 0.5) is 0 Å². The van der Waals surface area contributed by atoms with E-state index in [1.807, 2.05) is 41.2 Å². The number of guanidine groups is 1. The summed E-state index contributed by atoms with van der Waals surface area (Å²) in [5, 5.41) is 11.2. The fraction of sp³-hybridized carbons (Fsp3) is 0.545. The van der Waals surface area contributed by atoms with Crippen molar-refractivity contribution in [2.24, 2.45) is 10.9 Å². The molecule has 1 saturated heterocycles. The minimum absolute atomic E-state index is 0. The van der Waals surface area contributed by atoms with Gasteiger partial charge >= 0.3 is 0 Å². The number of aromatic nitrogens is 2. The predicted molar refractivity (Wildman–Crippen MR) is 133 cm³/mol. The maximum atomic E-state index is 5.80. The van der Waals surface area contributed by atoms with Crippen LogP contribution < -0.4 is 15.4 Å². The molecule has 31 heavy (non-hydrogen) atoms. The summed E-state index contributed by atoms with van der Waals surface area (Å²) in [5.41, 5.74) is 1.93. The molecule has 3 rings (SSSR count). The molecule has 1 fully saturated rings. The molecular formula is C22H34IN5O3. The van der Waals surface area contributed by atoms with Gasteiger partial charge in [0.05, 0.1) is 25.0 Å². The molecular weight excluding hydrogens is 509 g/mol. The van der Waals surface area contributed by atoms with Crippen LogP contribution >= 0.6 is 24.0 Å². The second kappa shape index (κ2) is 14.3. The molecule has 0 radical (unpaired) electrons. The summed E-state index contributed by atoms with van der Waals surface area (Å²) < 4.78 is 18.2. The van der Waals surface area contributed by atoms with Gasteiger partial charge in [-0.1, -0.05) is 0 Å². The number of ether oxygens (including phenoxy) is 3. The average Bonchev–Trinajstić information content (AvgIpc) is 3.28. The molecule has 0 spiro atoms. The van der Waals surface area contributed by atoms with Crippen molar-refractivity contribution in [3.05, 3.63) is 42.2 Å². The van der Waals surface area contributed by atoms with Crippen molar-refractivity contribution in [1.29, 1.82) is 0 Å². The molecule has 172 valence electrons. The quantitative estimate of drug-likeness (QED) is 0.208. The van der Waals surface area contributed by atoms with Gasteiger partial charge in [0.25, 0.3) is 0 Å². The molecule has 1 aromatic carbocycles. The molecule has 1 aromatic heterocycles. The second-order valence-corrected chi connectivity index (χ2v) is 7.29. The van der Waals surface area contributed by atoms with Gasteiger partial charge in [-0.25, -0.2) is 4.68 Å². The zero-order valence-electron chi connectivity index (χ0n) is 18.4. The molecule has 2 N–H and O–H groups in total. The lowest BCUT2D eigenvalue weighted by molar-refractivity contribution is 0.0203. The number of rotatable bonds is 10. The Morgan fingerprint density at radius 2 is 1.97 bits per heavy atom. The summed E-state index contributed by atoms with van der Waals surface area (Å²) in [6, 6.07) is 9.80. The third-order valence-electron chi connectivity index (χ3n) is 5.09. The Morgan fingerprint density at radius 1 is 1.19 bits per heavy atom. The smallest absolute Gasteiger partial charge is 0.191 e. The van der Waals surface area contributed by atoms with E-state index < -0.39 is 0 Å². The molecule has 0 amide bonds. The SMILES string of the molecule is CN=C(NCCCOCC1CCOCC1)NCc1ccn(-c2ccc(OC)cc2)n1.I. The Hall–Kier alpha value is -1.85. The van der Waals surface area contributed by atoms with Crippen molar-refractivity contribution in [2.45, 2.75) is 25.8 Å². The highest BCUT2D eigenvalue weighted by molar-refractivity contribution is 14.0. The van der Waals surface area contributed by atoms with E-state index in [9.17, 15) is 0 Å². The molecule has 2 aromatic rings. The van der Waals surface area contributed by atoms with E-state index in [0.717, 1.165) is 75.3 Å². The second-order valence-electron chi connectivity index (χ2n) is 7.29. The van der Waals surface area contributed by atoms with E-state index in [-0.39, 0.29) is 24.0 Å². The van der Waals surface area contributed by atoms with Crippen molar-refractivity contribution in [2.75, 3.05) is 47.1 Å². The molecule has 0 saturated carbocycles. The first-order valence-corrected chi connectivity index (χ1v) is 10.6. The normalized spacial score (nSPS) is 14.7. The van der Waals surface area contributed by atoms with Gasteiger partial charge in [-0.3, -0.25) is 4.99 Å². The summed E-state index contributed by atoms with van der Waals surface area (Å²) in [5.74, 6) is 2.24. The van der Waals surface area contributed by atoms with Gasteiger partial charge in [-0.15, -0.1) is 24.0 Å². The number of halogens is 1. The summed E-state index contributed by atoms with van der Waals surface area (Å²) in [6.45, 7) is 4.75. The monoisotopic (exact) mass is 543 g/mol. The fourth-order valence-electron chi connectivity index (χ4n) is 3.27. The van der Waals surface area contributed by atoms with E-state index in [4.69, 9.17) is 14.2 Å². The zero-order chi connectivity index (χ0) is 21.0. The van der Waals surface area contributed by atoms with Crippen molar-refractivity contribution >= 4 is 29.9 Å². The lowest BCUT2D eigenvalue weighted by Crippen LogP contribution is -2.37. The summed E-state index contributed by atoms with van der Waals surface area (Å²) in [4.78, 5) is 4.27. The zero-order valence-corrected chi connectivity index (χ0v) is 20.7. The standard InChI is InChI=1S/C22H33N5O3.HI/c1-23-22(24-11-3-13-30-17-18-9-14-29-15-10-18)25-16-19-8-12-27(26-19)20-4-6-21(28-2)7-5-20;/h4-8,12,18H,3,9-11,13-17H2,1-2H3,(H2,23,24,25);1H. The highest BCUT2D eigenvalue weighted by Crippen LogP contribution is 2.15. The van der Waals surface area contributed by atoms with Gasteiger partial charge in [0.15, 0.2) is 5.96 Å². The van der Waals surface area contributed by atoms with Crippen LogP contribution in [0.15, 0.2) is 41.5 Å². The van der Waals surface area contributed by atoms with Crippen molar-refractivity contribution in [3.63, 3.8) is 0 Å². The molecule has 1 aliphatic rings. The highest BCUT2D eigenvalue weighted by Gasteiger charge is 2.13. The van der Waals surface area contributed by atoms with Gasteiger partial charge in [-0.05, 0) is 55.5 Å². The van der Waals surface area contributed by atoms with Crippen LogP contribution in [0, 0.1) is 5.92 Å². The van der Waals surface area contributed by atoms with Crippen molar-refractivity contribution in [1.82, 2.24) is 20.4 Å². The molecule has 0 atom stereocenters. The van der Waals surface area contributed by atoms with Gasteiger partial charge in [0.1, 0.15) is 5.75 Å². The predicted octanol–water partition coefficient (Wildman–Crippen LogP) is 3.00. The summed E-state index contributed by atoms with van der Waals surface area (Å²) >= 11 is 0. The lowest BCUT2D eigenvalue weighted by Gasteiger charge is -2.21. The van der Waals surface area contributed by atoms with Gasteiger partial charge in [0, 0.05) is 46.2 Å². The first-order valence-electron chi connectivity index (χ1n) is 10.6. The maximum absolute atomic E-state index is 5.80. The van der Waals surface area contributed by atoms with Crippen LogP contribution in [0.3, 0.4) is 0 Å². The Bertz CT molecular complexity index is 776. The number of aliphatic imine (C=N–C) groups is 1. The molecule has 0 unspecified atom stereocenters. The minimum atomic E-state index is 0. The molecule has 0 bridgehead atoms. The van der Waals surface area contributed by atoms with E-state index in [1.54, 1.807) is 14.2 Å². The van der Waals surface area contributed by atoms with Crippen LogP contribution in [0.1, 0.15) is 25.0 Å². The molecule has 8 nitrogen and oxygen atoms in total. The van der Waals surface area contributed by atoms with Crippen LogP contribution in [0.25, 0.3) is 5.69 Å². The van der Waals surface area contributed by atoms with Crippen LogP contribution in [-0.2, 0) is 16.0 Å².